The fraction of sp³-hybridized carbons (Fsp3) is 0.400. The number of amides is 1. The van der Waals surface area contributed by atoms with E-state index in [1.165, 1.54) is 12.1 Å². The molecule has 0 atom stereocenters. The van der Waals surface area contributed by atoms with Crippen molar-refractivity contribution in [3.05, 3.63) is 47.0 Å². The van der Waals surface area contributed by atoms with E-state index in [9.17, 15) is 13.2 Å². The zero-order valence-electron chi connectivity index (χ0n) is 16.4. The number of furan rings is 1. The number of aromatic nitrogens is 1. The van der Waals surface area contributed by atoms with Gasteiger partial charge in [0, 0.05) is 17.5 Å². The monoisotopic (exact) mass is 451 g/mol. The number of nitrogens with zero attached hydrogens (tertiary/aromatic N) is 1. The molecule has 0 spiro atoms. The van der Waals surface area contributed by atoms with E-state index in [0.717, 1.165) is 42.7 Å². The van der Waals surface area contributed by atoms with Crippen LogP contribution in [-0.2, 0) is 10.0 Å². The molecule has 0 saturated heterocycles. The van der Waals surface area contributed by atoms with Crippen LogP contribution in [0.25, 0.3) is 11.1 Å². The van der Waals surface area contributed by atoms with Crippen LogP contribution in [0.4, 0.5) is 0 Å². The van der Waals surface area contributed by atoms with Crippen molar-refractivity contribution in [2.75, 3.05) is 6.54 Å². The number of oxazole rings is 1. The zero-order valence-corrected chi connectivity index (χ0v) is 17.9. The number of hydrogen-bond acceptors (Lipinski definition) is 6. The number of nitrogens with two attached hydrogens (primary N) is 1. The molecule has 10 heteroatoms. The highest BCUT2D eigenvalue weighted by atomic mass is 35.5. The number of carbonyl (C=O) groups is 1. The smallest absolute Gasteiger partial charge is 0.287 e. The van der Waals surface area contributed by atoms with E-state index in [2.05, 4.69) is 17.2 Å². The van der Waals surface area contributed by atoms with Crippen LogP contribution in [0.5, 0.6) is 0 Å². The summed E-state index contributed by atoms with van der Waals surface area (Å²) in [5.41, 5.74) is 1.59. The largest absolute Gasteiger partial charge is 0.440 e. The third-order valence-electron chi connectivity index (χ3n) is 5.85. The molecule has 30 heavy (non-hydrogen) atoms. The van der Waals surface area contributed by atoms with Gasteiger partial charge in [0.15, 0.2) is 17.2 Å². The summed E-state index contributed by atoms with van der Waals surface area (Å²) in [6.45, 7) is 2.59. The lowest BCUT2D eigenvalue weighted by molar-refractivity contribution is 0.0677. The van der Waals surface area contributed by atoms with Gasteiger partial charge in [0.2, 0.25) is 5.09 Å². The maximum atomic E-state index is 12.2. The number of fused-ring (bicyclic) bond motifs is 1. The van der Waals surface area contributed by atoms with Crippen molar-refractivity contribution in [3.63, 3.8) is 0 Å². The van der Waals surface area contributed by atoms with E-state index in [1.807, 2.05) is 6.07 Å². The Bertz CT molecular complexity index is 1190. The molecule has 0 bridgehead atoms. The van der Waals surface area contributed by atoms with Crippen molar-refractivity contribution >= 4 is 38.6 Å². The van der Waals surface area contributed by atoms with Gasteiger partial charge in [0.25, 0.3) is 15.9 Å². The number of hydrogen-bond donors (Lipinski definition) is 2. The molecule has 1 fully saturated rings. The highest BCUT2D eigenvalue weighted by molar-refractivity contribution is 7.89. The Kier molecular flexibility index (Phi) is 5.37. The first-order chi connectivity index (χ1) is 14.2. The quantitative estimate of drug-likeness (QED) is 0.561. The van der Waals surface area contributed by atoms with Gasteiger partial charge in [-0.3, -0.25) is 4.79 Å². The average Bonchev–Trinajstić information content (AvgIpc) is 3.30. The molecule has 2 aromatic heterocycles. The van der Waals surface area contributed by atoms with E-state index in [0.29, 0.717) is 11.6 Å². The fourth-order valence-electron chi connectivity index (χ4n) is 4.05. The van der Waals surface area contributed by atoms with Gasteiger partial charge in [-0.25, -0.2) is 18.5 Å². The number of carbonyl (C=O) groups excluding carboxylic acids is 1. The van der Waals surface area contributed by atoms with Gasteiger partial charge in [0.1, 0.15) is 5.52 Å². The average molecular weight is 452 g/mol. The summed E-state index contributed by atoms with van der Waals surface area (Å²) in [5, 5.41) is 7.97. The minimum Gasteiger partial charge on any atom is -0.440 e. The molecular weight excluding hydrogens is 430 g/mol. The lowest BCUT2D eigenvalue weighted by Gasteiger charge is -2.46. The normalized spacial score (nSPS) is 21.5. The van der Waals surface area contributed by atoms with Gasteiger partial charge in [-0.15, -0.1) is 0 Å². The standard InChI is InChI=1S/C20H22ClN3O5S/c1-2-20(7-8-23-18(25)16-5-6-17(28-16)30(22,26)27)10-12(11-20)19-24-14-9-13(21)3-4-15(14)29-19/h3-6,9,12H,2,7-8,10-11H2,1H3,(H,23,25)(H2,22,26,27)/t12-,20+. The first-order valence-electron chi connectivity index (χ1n) is 9.66. The van der Waals surface area contributed by atoms with Gasteiger partial charge < -0.3 is 14.2 Å². The number of benzene rings is 1. The summed E-state index contributed by atoms with van der Waals surface area (Å²) < 4.78 is 33.4. The Morgan fingerprint density at radius 1 is 1.30 bits per heavy atom. The van der Waals surface area contributed by atoms with Crippen molar-refractivity contribution in [1.29, 1.82) is 0 Å². The molecular formula is C20H22ClN3O5S. The summed E-state index contributed by atoms with van der Waals surface area (Å²) in [7, 11) is -3.97. The molecule has 0 unspecified atom stereocenters. The van der Waals surface area contributed by atoms with E-state index in [1.54, 1.807) is 12.1 Å². The van der Waals surface area contributed by atoms with Crippen molar-refractivity contribution in [2.45, 2.75) is 43.6 Å². The molecule has 1 aliphatic carbocycles. The molecule has 0 radical (unpaired) electrons. The first-order valence-corrected chi connectivity index (χ1v) is 11.6. The molecule has 160 valence electrons. The predicted octanol–water partition coefficient (Wildman–Crippen LogP) is 3.82. The Balaban J connectivity index is 1.33. The van der Waals surface area contributed by atoms with Crippen LogP contribution in [0.15, 0.2) is 44.3 Å². The van der Waals surface area contributed by atoms with Crippen LogP contribution >= 0.6 is 11.6 Å². The number of primary sulfonamides is 1. The molecule has 1 aromatic carbocycles. The highest BCUT2D eigenvalue weighted by Gasteiger charge is 2.45. The molecule has 3 N–H and O–H groups in total. The maximum Gasteiger partial charge on any atom is 0.287 e. The number of halogens is 1. The van der Waals surface area contributed by atoms with E-state index < -0.39 is 21.0 Å². The van der Waals surface area contributed by atoms with E-state index in [4.69, 9.17) is 25.6 Å². The number of sulfonamides is 1. The van der Waals surface area contributed by atoms with Crippen LogP contribution < -0.4 is 10.5 Å². The molecule has 0 aliphatic heterocycles. The van der Waals surface area contributed by atoms with Crippen molar-refractivity contribution in [3.8, 4) is 0 Å². The second-order valence-electron chi connectivity index (χ2n) is 7.79. The Morgan fingerprint density at radius 2 is 2.07 bits per heavy atom. The van der Waals surface area contributed by atoms with Gasteiger partial charge >= 0.3 is 0 Å². The molecule has 2 heterocycles. The molecule has 3 aromatic rings. The number of rotatable bonds is 7. The topological polar surface area (TPSA) is 128 Å². The van der Waals surface area contributed by atoms with Crippen LogP contribution in [-0.4, -0.2) is 25.9 Å². The van der Waals surface area contributed by atoms with Crippen molar-refractivity contribution in [1.82, 2.24) is 10.3 Å². The molecule has 4 rings (SSSR count). The lowest BCUT2D eigenvalue weighted by Crippen LogP contribution is -2.39. The van der Waals surface area contributed by atoms with Gasteiger partial charge in [-0.05, 0) is 55.0 Å². The second kappa shape index (κ2) is 7.72. The minimum atomic E-state index is -3.97. The van der Waals surface area contributed by atoms with Crippen LogP contribution in [0.1, 0.15) is 55.0 Å². The molecule has 1 amide bonds. The Labute approximate surface area is 178 Å². The third kappa shape index (κ3) is 4.10. The number of nitrogens with one attached hydrogen (secondary N) is 1. The lowest BCUT2D eigenvalue weighted by atomic mass is 9.59. The van der Waals surface area contributed by atoms with Crippen LogP contribution in [0.2, 0.25) is 5.02 Å². The van der Waals surface area contributed by atoms with Crippen molar-refractivity contribution < 1.29 is 22.0 Å². The zero-order chi connectivity index (χ0) is 21.5. The fourth-order valence-corrected chi connectivity index (χ4v) is 4.68. The SMILES string of the molecule is CC[C@]1(CCNC(=O)c2ccc(S(N)(=O)=O)o2)C[C@@H](c2nc3cc(Cl)ccc3o2)C1. The van der Waals surface area contributed by atoms with Crippen LogP contribution in [0.3, 0.4) is 0 Å². The second-order valence-corrected chi connectivity index (χ2v) is 9.72. The highest BCUT2D eigenvalue weighted by Crippen LogP contribution is 2.55. The van der Waals surface area contributed by atoms with E-state index in [-0.39, 0.29) is 17.1 Å². The van der Waals surface area contributed by atoms with Crippen molar-refractivity contribution in [2.24, 2.45) is 10.6 Å². The molecule has 8 nitrogen and oxygen atoms in total. The summed E-state index contributed by atoms with van der Waals surface area (Å²) in [6.07, 6.45) is 3.62. The minimum absolute atomic E-state index is 0.0822. The van der Waals surface area contributed by atoms with Gasteiger partial charge in [0.05, 0.1) is 0 Å². The summed E-state index contributed by atoms with van der Waals surface area (Å²) in [5.74, 6) is 0.421. The summed E-state index contributed by atoms with van der Waals surface area (Å²) in [6, 6.07) is 7.86. The molecule has 1 saturated carbocycles. The van der Waals surface area contributed by atoms with Gasteiger partial charge in [-0.1, -0.05) is 24.9 Å². The van der Waals surface area contributed by atoms with Gasteiger partial charge in [-0.2, -0.15) is 0 Å². The molecule has 1 aliphatic rings. The summed E-state index contributed by atoms with van der Waals surface area (Å²) in [4.78, 5) is 16.8. The van der Waals surface area contributed by atoms with Crippen LogP contribution in [0, 0.1) is 5.41 Å². The predicted molar refractivity (Wildman–Crippen MR) is 111 cm³/mol. The van der Waals surface area contributed by atoms with E-state index >= 15 is 0 Å². The Hall–Kier alpha value is -2.36. The third-order valence-corrected chi connectivity index (χ3v) is 6.87. The summed E-state index contributed by atoms with van der Waals surface area (Å²) >= 11 is 6.01. The Morgan fingerprint density at radius 3 is 2.73 bits per heavy atom. The first kappa shape index (κ1) is 20.9. The maximum absolute atomic E-state index is 12.2.